The molecule has 0 saturated heterocycles. The average Bonchev–Trinajstić information content (AvgIpc) is 3.55. The van der Waals surface area contributed by atoms with Crippen molar-refractivity contribution in [2.45, 2.75) is 25.6 Å². The lowest BCUT2D eigenvalue weighted by molar-refractivity contribution is -0.141. The summed E-state index contributed by atoms with van der Waals surface area (Å²) in [7, 11) is 0. The Labute approximate surface area is 206 Å². The van der Waals surface area contributed by atoms with Crippen molar-refractivity contribution in [2.75, 3.05) is 11.4 Å². The normalized spacial score (nSPS) is 15.8. The Morgan fingerprint density at radius 2 is 1.76 bits per heavy atom. The fourth-order valence-corrected chi connectivity index (χ4v) is 4.81. The van der Waals surface area contributed by atoms with Crippen molar-refractivity contribution in [1.82, 2.24) is 29.9 Å². The maximum absolute atomic E-state index is 15.3. The Bertz CT molecular complexity index is 1630. The summed E-state index contributed by atoms with van der Waals surface area (Å²) >= 11 is 0. The Kier molecular flexibility index (Phi) is 5.21. The third kappa shape index (κ3) is 3.79. The number of H-pyrrole nitrogens is 1. The summed E-state index contributed by atoms with van der Waals surface area (Å²) < 4.78 is 70.3. The lowest BCUT2D eigenvalue weighted by Crippen LogP contribution is -2.38. The molecule has 5 aromatic rings. The highest BCUT2D eigenvalue weighted by atomic mass is 19.4. The molecular weight excluding hydrogens is 493 g/mol. The van der Waals surface area contributed by atoms with Gasteiger partial charge in [0.1, 0.15) is 11.7 Å². The maximum atomic E-state index is 15.3. The molecular formula is C25H18F5N7. The molecule has 0 bridgehead atoms. The number of nitrogens with one attached hydrogen (secondary N) is 1. The molecule has 0 saturated carbocycles. The molecule has 7 nitrogen and oxygen atoms in total. The maximum Gasteiger partial charge on any atom is 0.433 e. The van der Waals surface area contributed by atoms with Crippen LogP contribution in [0.1, 0.15) is 34.1 Å². The first kappa shape index (κ1) is 23.1. The molecule has 4 heterocycles. The van der Waals surface area contributed by atoms with Gasteiger partial charge in [0, 0.05) is 34.9 Å². The lowest BCUT2D eigenvalue weighted by Gasteiger charge is -2.36. The van der Waals surface area contributed by atoms with Crippen molar-refractivity contribution in [1.29, 1.82) is 0 Å². The van der Waals surface area contributed by atoms with Crippen LogP contribution in [0.5, 0.6) is 0 Å². The fraction of sp³-hybridized carbons (Fsp3) is 0.200. The third-order valence-corrected chi connectivity index (χ3v) is 6.55. The molecule has 0 aliphatic carbocycles. The molecule has 0 radical (unpaired) electrons. The van der Waals surface area contributed by atoms with Crippen molar-refractivity contribution in [2.24, 2.45) is 0 Å². The second-order valence-corrected chi connectivity index (χ2v) is 8.75. The summed E-state index contributed by atoms with van der Waals surface area (Å²) in [4.78, 5) is 14.0. The van der Waals surface area contributed by atoms with Crippen LogP contribution in [0.15, 0.2) is 55.0 Å². The first-order chi connectivity index (χ1) is 17.7. The first-order valence-corrected chi connectivity index (χ1v) is 11.3. The lowest BCUT2D eigenvalue weighted by atomic mass is 9.91. The van der Waals surface area contributed by atoms with Crippen LogP contribution in [0.2, 0.25) is 0 Å². The number of halogens is 5. The molecule has 12 heteroatoms. The Hall–Kier alpha value is -4.35. The Morgan fingerprint density at radius 1 is 0.973 bits per heavy atom. The van der Waals surface area contributed by atoms with Gasteiger partial charge in [0.15, 0.2) is 11.6 Å². The minimum Gasteiger partial charge on any atom is -0.356 e. The Balaban J connectivity index is 1.56. The molecule has 1 N–H and O–H groups in total. The number of fused-ring (bicyclic) bond motifs is 3. The van der Waals surface area contributed by atoms with Gasteiger partial charge in [-0.2, -0.15) is 28.2 Å². The van der Waals surface area contributed by atoms with Crippen LogP contribution in [0.4, 0.5) is 27.9 Å². The number of anilines is 1. The van der Waals surface area contributed by atoms with Crippen LogP contribution in [0.25, 0.3) is 16.6 Å². The summed E-state index contributed by atoms with van der Waals surface area (Å²) in [5.41, 5.74) is 1.74. The van der Waals surface area contributed by atoms with Crippen LogP contribution in [-0.2, 0) is 12.6 Å². The SMILES string of the molecule is Cc1ccc(C2c3[nH]c4ccc(-n5nccn5)cc4c3CCN2c2nccc(C(F)(F)F)n2)c(F)c1F. The highest BCUT2D eigenvalue weighted by molar-refractivity contribution is 5.87. The number of alkyl halides is 3. The van der Waals surface area contributed by atoms with Gasteiger partial charge in [-0.15, -0.1) is 0 Å². The van der Waals surface area contributed by atoms with Crippen molar-refractivity contribution in [3.05, 3.63) is 94.7 Å². The Morgan fingerprint density at radius 3 is 2.51 bits per heavy atom. The number of aromatic nitrogens is 6. The topological polar surface area (TPSA) is 75.5 Å². The minimum atomic E-state index is -4.69. The van der Waals surface area contributed by atoms with E-state index >= 15 is 4.39 Å². The number of hydrogen-bond acceptors (Lipinski definition) is 5. The zero-order valence-corrected chi connectivity index (χ0v) is 19.3. The molecule has 1 unspecified atom stereocenters. The molecule has 0 spiro atoms. The zero-order valence-electron chi connectivity index (χ0n) is 19.3. The molecule has 1 aliphatic rings. The van der Waals surface area contributed by atoms with Crippen LogP contribution in [0.3, 0.4) is 0 Å². The molecule has 3 aromatic heterocycles. The van der Waals surface area contributed by atoms with Crippen LogP contribution < -0.4 is 4.90 Å². The smallest absolute Gasteiger partial charge is 0.356 e. The van der Waals surface area contributed by atoms with E-state index in [1.165, 1.54) is 28.8 Å². The van der Waals surface area contributed by atoms with Crippen molar-refractivity contribution < 1.29 is 22.0 Å². The predicted molar refractivity (Wildman–Crippen MR) is 124 cm³/mol. The fourth-order valence-electron chi connectivity index (χ4n) is 4.81. The summed E-state index contributed by atoms with van der Waals surface area (Å²) in [6, 6.07) is 8.16. The van der Waals surface area contributed by atoms with Crippen LogP contribution >= 0.6 is 0 Å². The van der Waals surface area contributed by atoms with Gasteiger partial charge >= 0.3 is 6.18 Å². The summed E-state index contributed by atoms with van der Waals surface area (Å²) in [5.74, 6) is -2.32. The standard InChI is InChI=1S/C25H18F5N7/c1-13-2-4-16(21(27)20(13)26)23-22-15(7-11-36(23)24-31-8-6-19(35-24)25(28,29)30)17-12-14(3-5-18(17)34-22)37-32-9-10-33-37/h2-6,8-10,12,23,34H,7,11H2,1H3. The molecule has 6 rings (SSSR count). The van der Waals surface area contributed by atoms with E-state index in [1.807, 2.05) is 12.1 Å². The zero-order chi connectivity index (χ0) is 25.9. The second kappa shape index (κ2) is 8.36. The monoisotopic (exact) mass is 511 g/mol. The van der Waals surface area contributed by atoms with Gasteiger partial charge in [-0.05, 0) is 48.7 Å². The largest absolute Gasteiger partial charge is 0.433 e. The number of rotatable bonds is 3. The molecule has 1 atom stereocenters. The van der Waals surface area contributed by atoms with Gasteiger partial charge in [0.05, 0.1) is 18.1 Å². The molecule has 188 valence electrons. The molecule has 0 amide bonds. The van der Waals surface area contributed by atoms with E-state index in [2.05, 4.69) is 25.1 Å². The van der Waals surface area contributed by atoms with Crippen molar-refractivity contribution >= 4 is 16.9 Å². The van der Waals surface area contributed by atoms with Crippen molar-refractivity contribution in [3.8, 4) is 5.69 Å². The van der Waals surface area contributed by atoms with Gasteiger partial charge in [0.2, 0.25) is 5.95 Å². The van der Waals surface area contributed by atoms with E-state index in [-0.39, 0.29) is 23.6 Å². The minimum absolute atomic E-state index is 0.0365. The quantitative estimate of drug-likeness (QED) is 0.333. The van der Waals surface area contributed by atoms with Crippen molar-refractivity contribution in [3.63, 3.8) is 0 Å². The van der Waals surface area contributed by atoms with E-state index in [0.29, 0.717) is 17.8 Å². The van der Waals surface area contributed by atoms with Gasteiger partial charge in [-0.25, -0.2) is 18.7 Å². The van der Waals surface area contributed by atoms with E-state index in [0.717, 1.165) is 28.7 Å². The summed E-state index contributed by atoms with van der Waals surface area (Å²) in [6.07, 6.45) is -0.174. The van der Waals surface area contributed by atoms with Gasteiger partial charge in [-0.1, -0.05) is 12.1 Å². The van der Waals surface area contributed by atoms with Gasteiger partial charge in [-0.3, -0.25) is 0 Å². The number of nitrogens with zero attached hydrogens (tertiary/aromatic N) is 6. The number of aromatic amines is 1. The van der Waals surface area contributed by atoms with E-state index < -0.39 is 29.5 Å². The average molecular weight is 511 g/mol. The number of aryl methyl sites for hydroxylation is 1. The predicted octanol–water partition coefficient (Wildman–Crippen LogP) is 5.30. The number of hydrogen-bond donors (Lipinski definition) is 1. The van der Waals surface area contributed by atoms with E-state index in [1.54, 1.807) is 18.5 Å². The number of benzene rings is 2. The van der Waals surface area contributed by atoms with Crippen LogP contribution in [-0.4, -0.2) is 36.5 Å². The molecule has 37 heavy (non-hydrogen) atoms. The first-order valence-electron chi connectivity index (χ1n) is 11.3. The molecule has 1 aliphatic heterocycles. The van der Waals surface area contributed by atoms with Gasteiger partial charge < -0.3 is 9.88 Å². The molecule has 0 fully saturated rings. The van der Waals surface area contributed by atoms with Crippen LogP contribution in [0, 0.1) is 18.6 Å². The highest BCUT2D eigenvalue weighted by Crippen LogP contribution is 2.42. The van der Waals surface area contributed by atoms with E-state index in [4.69, 9.17) is 0 Å². The summed E-state index contributed by atoms with van der Waals surface area (Å²) in [6.45, 7) is 1.61. The second-order valence-electron chi connectivity index (χ2n) is 8.75. The van der Waals surface area contributed by atoms with E-state index in [9.17, 15) is 17.6 Å². The summed E-state index contributed by atoms with van der Waals surface area (Å²) in [5, 5.41) is 9.12. The molecule has 2 aromatic carbocycles. The van der Waals surface area contributed by atoms with Gasteiger partial charge in [0.25, 0.3) is 0 Å². The third-order valence-electron chi connectivity index (χ3n) is 6.55. The highest BCUT2D eigenvalue weighted by Gasteiger charge is 2.38.